The molecular weight excluding hydrogens is 268 g/mol. The van der Waals surface area contributed by atoms with Gasteiger partial charge in [-0.15, -0.1) is 0 Å². The fourth-order valence-corrected chi connectivity index (χ4v) is 2.71. The van der Waals surface area contributed by atoms with Crippen molar-refractivity contribution in [2.75, 3.05) is 25.5 Å². The summed E-state index contributed by atoms with van der Waals surface area (Å²) < 4.78 is 4.82. The van der Waals surface area contributed by atoms with E-state index in [0.29, 0.717) is 6.54 Å². The summed E-state index contributed by atoms with van der Waals surface area (Å²) in [4.78, 5) is 26.0. The number of para-hydroxylation sites is 1. The number of hydrogen-bond acceptors (Lipinski definition) is 4. The van der Waals surface area contributed by atoms with Crippen LogP contribution in [0.4, 0.5) is 5.69 Å². The summed E-state index contributed by atoms with van der Waals surface area (Å²) in [7, 11) is 1.41. The molecule has 2 rings (SSSR count). The van der Waals surface area contributed by atoms with Crippen molar-refractivity contribution in [1.29, 1.82) is 0 Å². The van der Waals surface area contributed by atoms with Gasteiger partial charge in [-0.1, -0.05) is 25.1 Å². The molecule has 1 aromatic rings. The highest BCUT2D eigenvalue weighted by Crippen LogP contribution is 2.26. The predicted octanol–water partition coefficient (Wildman–Crippen LogP) is 1.75. The fourth-order valence-electron chi connectivity index (χ4n) is 2.71. The second-order valence-corrected chi connectivity index (χ2v) is 5.59. The second-order valence-electron chi connectivity index (χ2n) is 5.59. The van der Waals surface area contributed by atoms with Gasteiger partial charge in [-0.2, -0.15) is 0 Å². The number of likely N-dealkylation sites (tertiary alicyclic amines) is 1. The maximum atomic E-state index is 12.3. The van der Waals surface area contributed by atoms with Gasteiger partial charge in [0.2, 0.25) is 5.91 Å². The van der Waals surface area contributed by atoms with Crippen LogP contribution in [0.5, 0.6) is 0 Å². The Hall–Kier alpha value is -1.88. The minimum Gasteiger partial charge on any atom is -0.469 e. The molecule has 0 bridgehead atoms. The first-order valence-corrected chi connectivity index (χ1v) is 7.20. The molecule has 0 spiro atoms. The SMILES string of the molecule is COC(=O)C1CN(C(C)C(=O)Nc2ccccc2)CC1C. The van der Waals surface area contributed by atoms with Crippen LogP contribution in [0.2, 0.25) is 0 Å². The number of carbonyl (C=O) groups is 2. The molecule has 0 aliphatic carbocycles. The third-order valence-electron chi connectivity index (χ3n) is 4.11. The Morgan fingerprint density at radius 1 is 1.29 bits per heavy atom. The van der Waals surface area contributed by atoms with E-state index in [9.17, 15) is 9.59 Å². The normalized spacial score (nSPS) is 23.6. The lowest BCUT2D eigenvalue weighted by molar-refractivity contribution is -0.146. The predicted molar refractivity (Wildman–Crippen MR) is 80.8 cm³/mol. The molecule has 1 N–H and O–H groups in total. The zero-order valence-electron chi connectivity index (χ0n) is 12.7. The van der Waals surface area contributed by atoms with E-state index in [1.54, 1.807) is 0 Å². The summed E-state index contributed by atoms with van der Waals surface area (Å²) in [5.41, 5.74) is 0.783. The first-order chi connectivity index (χ1) is 10.0. The summed E-state index contributed by atoms with van der Waals surface area (Å²) in [5.74, 6) is -0.203. The molecule has 5 heteroatoms. The molecule has 1 saturated heterocycles. The second kappa shape index (κ2) is 6.72. The number of carbonyl (C=O) groups excluding carboxylic acids is 2. The van der Waals surface area contributed by atoms with Crippen molar-refractivity contribution < 1.29 is 14.3 Å². The number of benzene rings is 1. The lowest BCUT2D eigenvalue weighted by Gasteiger charge is -2.23. The van der Waals surface area contributed by atoms with E-state index in [1.165, 1.54) is 7.11 Å². The Morgan fingerprint density at radius 3 is 2.57 bits per heavy atom. The highest BCUT2D eigenvalue weighted by molar-refractivity contribution is 5.94. The molecule has 114 valence electrons. The van der Waals surface area contributed by atoms with Gasteiger partial charge in [0.15, 0.2) is 0 Å². The molecule has 1 fully saturated rings. The van der Waals surface area contributed by atoms with Crippen molar-refractivity contribution in [3.05, 3.63) is 30.3 Å². The maximum Gasteiger partial charge on any atom is 0.310 e. The monoisotopic (exact) mass is 290 g/mol. The number of ether oxygens (including phenoxy) is 1. The first-order valence-electron chi connectivity index (χ1n) is 7.20. The molecule has 0 radical (unpaired) electrons. The van der Waals surface area contributed by atoms with Gasteiger partial charge in [-0.05, 0) is 25.0 Å². The summed E-state index contributed by atoms with van der Waals surface area (Å²) in [5, 5.41) is 2.89. The summed E-state index contributed by atoms with van der Waals surface area (Å²) >= 11 is 0. The van der Waals surface area contributed by atoms with Crippen molar-refractivity contribution in [2.24, 2.45) is 11.8 Å². The number of rotatable bonds is 4. The third-order valence-corrected chi connectivity index (χ3v) is 4.11. The quantitative estimate of drug-likeness (QED) is 0.858. The minimum atomic E-state index is -0.276. The lowest BCUT2D eigenvalue weighted by atomic mass is 9.99. The molecular formula is C16H22N2O3. The summed E-state index contributed by atoms with van der Waals surface area (Å²) in [6.07, 6.45) is 0. The largest absolute Gasteiger partial charge is 0.469 e. The zero-order chi connectivity index (χ0) is 15.4. The highest BCUT2D eigenvalue weighted by Gasteiger charge is 2.38. The molecule has 1 aliphatic rings. The Morgan fingerprint density at radius 2 is 1.95 bits per heavy atom. The first kappa shape index (κ1) is 15.5. The Balaban J connectivity index is 1.96. The smallest absolute Gasteiger partial charge is 0.310 e. The fraction of sp³-hybridized carbons (Fsp3) is 0.500. The van der Waals surface area contributed by atoms with Gasteiger partial charge < -0.3 is 10.1 Å². The van der Waals surface area contributed by atoms with Crippen LogP contribution < -0.4 is 5.32 Å². The molecule has 1 heterocycles. The van der Waals surface area contributed by atoms with Gasteiger partial charge in [-0.25, -0.2) is 0 Å². The number of esters is 1. The van der Waals surface area contributed by atoms with Crippen LogP contribution in [0.15, 0.2) is 30.3 Å². The van der Waals surface area contributed by atoms with Crippen molar-refractivity contribution in [2.45, 2.75) is 19.9 Å². The van der Waals surface area contributed by atoms with E-state index in [1.807, 2.05) is 49.1 Å². The van der Waals surface area contributed by atoms with Gasteiger partial charge >= 0.3 is 5.97 Å². The van der Waals surface area contributed by atoms with Crippen LogP contribution in [0.1, 0.15) is 13.8 Å². The van der Waals surface area contributed by atoms with Gasteiger partial charge in [0.05, 0.1) is 19.1 Å². The molecule has 0 aromatic heterocycles. The Kier molecular flexibility index (Phi) is 4.96. The number of methoxy groups -OCH3 is 1. The highest BCUT2D eigenvalue weighted by atomic mass is 16.5. The number of nitrogens with one attached hydrogen (secondary N) is 1. The zero-order valence-corrected chi connectivity index (χ0v) is 12.7. The van der Waals surface area contributed by atoms with Gasteiger partial charge in [0.1, 0.15) is 0 Å². The molecule has 1 amide bonds. The van der Waals surface area contributed by atoms with Gasteiger partial charge in [0, 0.05) is 18.8 Å². The molecule has 1 aliphatic heterocycles. The van der Waals surface area contributed by atoms with E-state index >= 15 is 0 Å². The number of nitrogens with zero attached hydrogens (tertiary/aromatic N) is 1. The van der Waals surface area contributed by atoms with Crippen molar-refractivity contribution >= 4 is 17.6 Å². The van der Waals surface area contributed by atoms with Gasteiger partial charge in [-0.3, -0.25) is 14.5 Å². The van der Waals surface area contributed by atoms with E-state index in [4.69, 9.17) is 4.74 Å². The average Bonchev–Trinajstić information content (AvgIpc) is 2.88. The maximum absolute atomic E-state index is 12.3. The number of hydrogen-bond donors (Lipinski definition) is 1. The molecule has 21 heavy (non-hydrogen) atoms. The van der Waals surface area contributed by atoms with Crippen LogP contribution in [0.25, 0.3) is 0 Å². The lowest BCUT2D eigenvalue weighted by Crippen LogP contribution is -2.41. The van der Waals surface area contributed by atoms with Gasteiger partial charge in [0.25, 0.3) is 0 Å². The van der Waals surface area contributed by atoms with E-state index in [-0.39, 0.29) is 29.8 Å². The Bertz CT molecular complexity index is 504. The van der Waals surface area contributed by atoms with Crippen molar-refractivity contribution in [3.8, 4) is 0 Å². The van der Waals surface area contributed by atoms with Crippen molar-refractivity contribution in [1.82, 2.24) is 4.90 Å². The summed E-state index contributed by atoms with van der Waals surface area (Å²) in [6, 6.07) is 9.10. The Labute approximate surface area is 125 Å². The number of amides is 1. The average molecular weight is 290 g/mol. The van der Waals surface area contributed by atoms with E-state index in [0.717, 1.165) is 12.2 Å². The number of anilines is 1. The van der Waals surface area contributed by atoms with Crippen LogP contribution in [-0.2, 0) is 14.3 Å². The molecule has 1 aromatic carbocycles. The molecule has 5 nitrogen and oxygen atoms in total. The molecule has 0 saturated carbocycles. The van der Waals surface area contributed by atoms with Crippen LogP contribution >= 0.6 is 0 Å². The van der Waals surface area contributed by atoms with E-state index in [2.05, 4.69) is 5.32 Å². The third kappa shape index (κ3) is 3.61. The standard InChI is InChI=1S/C16H22N2O3/c1-11-9-18(10-14(11)16(20)21-3)12(2)15(19)17-13-7-5-4-6-8-13/h4-8,11-12,14H,9-10H2,1-3H3,(H,17,19). The minimum absolute atomic E-state index is 0.0566. The van der Waals surface area contributed by atoms with Crippen LogP contribution in [-0.4, -0.2) is 43.0 Å². The van der Waals surface area contributed by atoms with Crippen molar-refractivity contribution in [3.63, 3.8) is 0 Å². The van der Waals surface area contributed by atoms with Crippen LogP contribution in [0, 0.1) is 11.8 Å². The topological polar surface area (TPSA) is 58.6 Å². The molecule has 3 atom stereocenters. The van der Waals surface area contributed by atoms with E-state index < -0.39 is 0 Å². The molecule has 3 unspecified atom stereocenters. The van der Waals surface area contributed by atoms with Crippen LogP contribution in [0.3, 0.4) is 0 Å². The summed E-state index contributed by atoms with van der Waals surface area (Å²) in [6.45, 7) is 5.18.